The molecule has 0 fully saturated rings. The highest BCUT2D eigenvalue weighted by Gasteiger charge is 2.19. The van der Waals surface area contributed by atoms with Crippen LogP contribution in [0.25, 0.3) is 11.0 Å². The van der Waals surface area contributed by atoms with E-state index in [9.17, 15) is 4.79 Å². The van der Waals surface area contributed by atoms with Crippen molar-refractivity contribution in [3.8, 4) is 0 Å². The van der Waals surface area contributed by atoms with Crippen LogP contribution in [0.5, 0.6) is 0 Å². The number of carbonyl (C=O) groups excluding carboxylic acids is 1. The molecule has 1 N–H and O–H groups in total. The Kier molecular flexibility index (Phi) is 4.03. The summed E-state index contributed by atoms with van der Waals surface area (Å²) in [5, 5.41) is 3.94. The average molecular weight is 358 g/mol. The Hall–Kier alpha value is -2.07. The molecule has 3 rings (SSSR count). The normalized spacial score (nSPS) is 12.3. The van der Waals surface area contributed by atoms with Crippen LogP contribution in [0.15, 0.2) is 57.4 Å². The van der Waals surface area contributed by atoms with Crippen molar-refractivity contribution in [1.82, 2.24) is 5.32 Å². The molecule has 0 saturated carbocycles. The van der Waals surface area contributed by atoms with Crippen LogP contribution in [0.1, 0.15) is 34.6 Å². The van der Waals surface area contributed by atoms with Gasteiger partial charge < -0.3 is 9.73 Å². The third-order valence-corrected chi connectivity index (χ3v) is 4.24. The zero-order valence-electron chi connectivity index (χ0n) is 12.4. The van der Waals surface area contributed by atoms with Crippen molar-refractivity contribution >= 4 is 32.8 Å². The van der Waals surface area contributed by atoms with E-state index in [0.29, 0.717) is 5.76 Å². The Bertz CT molecular complexity index is 824. The van der Waals surface area contributed by atoms with E-state index >= 15 is 0 Å². The van der Waals surface area contributed by atoms with Gasteiger partial charge in [-0.2, -0.15) is 0 Å². The van der Waals surface area contributed by atoms with Crippen LogP contribution >= 0.6 is 15.9 Å². The van der Waals surface area contributed by atoms with Gasteiger partial charge in [-0.05, 0) is 37.6 Å². The highest BCUT2D eigenvalue weighted by molar-refractivity contribution is 9.10. The monoisotopic (exact) mass is 357 g/mol. The molecule has 0 saturated heterocycles. The van der Waals surface area contributed by atoms with Gasteiger partial charge in [0.15, 0.2) is 5.76 Å². The fourth-order valence-electron chi connectivity index (χ4n) is 2.50. The van der Waals surface area contributed by atoms with E-state index in [1.165, 1.54) is 0 Å². The quantitative estimate of drug-likeness (QED) is 0.716. The number of hydrogen-bond donors (Lipinski definition) is 1. The molecule has 1 heterocycles. The first-order valence-corrected chi connectivity index (χ1v) is 7.90. The summed E-state index contributed by atoms with van der Waals surface area (Å²) in [7, 11) is 0. The molecule has 1 aromatic heterocycles. The Morgan fingerprint density at radius 3 is 2.64 bits per heavy atom. The lowest BCUT2D eigenvalue weighted by Crippen LogP contribution is -2.26. The maximum atomic E-state index is 12.5. The molecular weight excluding hydrogens is 342 g/mol. The van der Waals surface area contributed by atoms with Gasteiger partial charge in [-0.3, -0.25) is 4.79 Å². The van der Waals surface area contributed by atoms with Gasteiger partial charge in [0, 0.05) is 15.4 Å². The summed E-state index contributed by atoms with van der Waals surface area (Å²) in [5.41, 5.74) is 2.64. The van der Waals surface area contributed by atoms with Gasteiger partial charge in [0.2, 0.25) is 0 Å². The van der Waals surface area contributed by atoms with Crippen molar-refractivity contribution in [2.45, 2.75) is 19.9 Å². The number of nitrogens with one attached hydrogen (secondary N) is 1. The van der Waals surface area contributed by atoms with Crippen molar-refractivity contribution in [3.05, 3.63) is 69.9 Å². The first-order chi connectivity index (χ1) is 10.6. The van der Waals surface area contributed by atoms with Gasteiger partial charge in [0.25, 0.3) is 5.91 Å². The highest BCUT2D eigenvalue weighted by Crippen LogP contribution is 2.28. The third kappa shape index (κ3) is 2.79. The number of fused-ring (bicyclic) bond motifs is 1. The molecule has 3 aromatic rings. The van der Waals surface area contributed by atoms with Crippen LogP contribution in [-0.2, 0) is 0 Å². The maximum absolute atomic E-state index is 12.5. The molecule has 0 aliphatic rings. The van der Waals surface area contributed by atoms with E-state index in [1.807, 2.05) is 62.4 Å². The second-order valence-corrected chi connectivity index (χ2v) is 6.22. The second-order valence-electron chi connectivity index (χ2n) is 5.30. The summed E-state index contributed by atoms with van der Waals surface area (Å²) in [6.45, 7) is 3.86. The van der Waals surface area contributed by atoms with E-state index in [2.05, 4.69) is 21.2 Å². The van der Waals surface area contributed by atoms with E-state index < -0.39 is 0 Å². The average Bonchev–Trinajstić information content (AvgIpc) is 2.85. The molecule has 2 aromatic carbocycles. The number of aryl methyl sites for hydroxylation is 1. The van der Waals surface area contributed by atoms with E-state index in [4.69, 9.17) is 4.42 Å². The summed E-state index contributed by atoms with van der Waals surface area (Å²) in [6, 6.07) is 15.5. The largest absolute Gasteiger partial charge is 0.451 e. The second kappa shape index (κ2) is 5.97. The standard InChI is InChI=1S/C18H16BrNO2/c1-11-15-10-14(19)8-9-16(15)22-17(11)18(21)20-12(2)13-6-4-3-5-7-13/h3-10,12H,1-2H3,(H,20,21). The van der Waals surface area contributed by atoms with E-state index in [0.717, 1.165) is 26.6 Å². The molecule has 1 atom stereocenters. The SMILES string of the molecule is Cc1c(C(=O)NC(C)c2ccccc2)oc2ccc(Br)cc12. The van der Waals surface area contributed by atoms with Gasteiger partial charge in [0.1, 0.15) is 5.58 Å². The fraction of sp³-hybridized carbons (Fsp3) is 0.167. The zero-order valence-corrected chi connectivity index (χ0v) is 14.0. The zero-order chi connectivity index (χ0) is 15.7. The lowest BCUT2D eigenvalue weighted by Gasteiger charge is -2.13. The van der Waals surface area contributed by atoms with Crippen LogP contribution in [0.3, 0.4) is 0 Å². The first kappa shape index (κ1) is 14.9. The van der Waals surface area contributed by atoms with Gasteiger partial charge in [0.05, 0.1) is 6.04 Å². The lowest BCUT2D eigenvalue weighted by atomic mass is 10.1. The molecule has 0 bridgehead atoms. The Morgan fingerprint density at radius 2 is 1.91 bits per heavy atom. The summed E-state index contributed by atoms with van der Waals surface area (Å²) in [4.78, 5) is 12.5. The first-order valence-electron chi connectivity index (χ1n) is 7.10. The molecule has 4 heteroatoms. The van der Waals surface area contributed by atoms with Crippen LogP contribution in [0, 0.1) is 6.92 Å². The smallest absolute Gasteiger partial charge is 0.287 e. The van der Waals surface area contributed by atoms with Crippen molar-refractivity contribution in [3.63, 3.8) is 0 Å². The highest BCUT2D eigenvalue weighted by atomic mass is 79.9. The molecule has 3 nitrogen and oxygen atoms in total. The third-order valence-electron chi connectivity index (χ3n) is 3.75. The van der Waals surface area contributed by atoms with Crippen LogP contribution in [0.4, 0.5) is 0 Å². The topological polar surface area (TPSA) is 42.2 Å². The molecule has 0 spiro atoms. The van der Waals surface area contributed by atoms with Crippen molar-refractivity contribution in [2.24, 2.45) is 0 Å². The molecule has 0 aliphatic heterocycles. The number of carbonyl (C=O) groups is 1. The predicted molar refractivity (Wildman–Crippen MR) is 91.0 cm³/mol. The summed E-state index contributed by atoms with van der Waals surface area (Å²) < 4.78 is 6.69. The molecule has 0 radical (unpaired) electrons. The molecule has 0 aliphatic carbocycles. The number of amides is 1. The number of rotatable bonds is 3. The molecule has 1 unspecified atom stereocenters. The van der Waals surface area contributed by atoms with E-state index in [-0.39, 0.29) is 11.9 Å². The molecule has 112 valence electrons. The minimum atomic E-state index is -0.193. The summed E-state index contributed by atoms with van der Waals surface area (Å²) >= 11 is 3.44. The van der Waals surface area contributed by atoms with Crippen LogP contribution in [-0.4, -0.2) is 5.91 Å². The molecular formula is C18H16BrNO2. The molecule has 22 heavy (non-hydrogen) atoms. The number of benzene rings is 2. The number of hydrogen-bond acceptors (Lipinski definition) is 2. The summed E-state index contributed by atoms with van der Waals surface area (Å²) in [5.74, 6) is 0.178. The fourth-order valence-corrected chi connectivity index (χ4v) is 2.86. The van der Waals surface area contributed by atoms with Gasteiger partial charge in [-0.1, -0.05) is 46.3 Å². The number of halogens is 1. The number of furan rings is 1. The van der Waals surface area contributed by atoms with Gasteiger partial charge in [-0.15, -0.1) is 0 Å². The van der Waals surface area contributed by atoms with Crippen molar-refractivity contribution < 1.29 is 9.21 Å². The van der Waals surface area contributed by atoms with E-state index in [1.54, 1.807) is 0 Å². The van der Waals surface area contributed by atoms with Gasteiger partial charge >= 0.3 is 0 Å². The molecule has 1 amide bonds. The Morgan fingerprint density at radius 1 is 1.18 bits per heavy atom. The van der Waals surface area contributed by atoms with Crippen molar-refractivity contribution in [1.29, 1.82) is 0 Å². The maximum Gasteiger partial charge on any atom is 0.287 e. The van der Waals surface area contributed by atoms with Crippen LogP contribution in [0.2, 0.25) is 0 Å². The Balaban J connectivity index is 1.88. The lowest BCUT2D eigenvalue weighted by molar-refractivity contribution is 0.0913. The Labute approximate surface area is 137 Å². The van der Waals surface area contributed by atoms with Gasteiger partial charge in [-0.25, -0.2) is 0 Å². The van der Waals surface area contributed by atoms with Crippen molar-refractivity contribution in [2.75, 3.05) is 0 Å². The summed E-state index contributed by atoms with van der Waals surface area (Å²) in [6.07, 6.45) is 0. The van der Waals surface area contributed by atoms with Crippen LogP contribution < -0.4 is 5.32 Å². The minimum Gasteiger partial charge on any atom is -0.451 e. The minimum absolute atomic E-state index is 0.0759. The predicted octanol–water partition coefficient (Wildman–Crippen LogP) is 4.99.